The Hall–Kier alpha value is -2.63. The second kappa shape index (κ2) is 6.71. The Morgan fingerprint density at radius 1 is 1.07 bits per heavy atom. The molecule has 152 valence electrons. The highest BCUT2D eigenvalue weighted by Crippen LogP contribution is 2.52. The average Bonchev–Trinajstić information content (AvgIpc) is 3.38. The Bertz CT molecular complexity index is 880. The van der Waals surface area contributed by atoms with Crippen molar-refractivity contribution < 1.29 is 14.4 Å². The lowest BCUT2D eigenvalue weighted by Gasteiger charge is -2.41. The van der Waals surface area contributed by atoms with Crippen LogP contribution in [0.5, 0.6) is 0 Å². The number of piperazine rings is 1. The first kappa shape index (κ1) is 18.4. The predicted molar refractivity (Wildman–Crippen MR) is 109 cm³/mol. The van der Waals surface area contributed by atoms with Crippen molar-refractivity contribution in [2.45, 2.75) is 26.3 Å². The molecule has 0 radical (unpaired) electrons. The Balaban J connectivity index is 1.24. The molecular formula is C23H27N3O3. The van der Waals surface area contributed by atoms with Crippen LogP contribution in [0.1, 0.15) is 18.9 Å². The van der Waals surface area contributed by atoms with Gasteiger partial charge in [0.15, 0.2) is 0 Å². The highest BCUT2D eigenvalue weighted by molar-refractivity contribution is 6.08. The summed E-state index contributed by atoms with van der Waals surface area (Å²) in [5.74, 6) is -0.514. The van der Waals surface area contributed by atoms with E-state index in [0.29, 0.717) is 13.1 Å². The molecule has 6 nitrogen and oxygen atoms in total. The monoisotopic (exact) mass is 393 g/mol. The van der Waals surface area contributed by atoms with Crippen LogP contribution in [0.2, 0.25) is 0 Å². The third-order valence-electron chi connectivity index (χ3n) is 7.17. The molecule has 2 saturated heterocycles. The molecule has 2 heterocycles. The largest absolute Gasteiger partial charge is 0.365 e. The predicted octanol–water partition coefficient (Wildman–Crippen LogP) is 1.84. The molecule has 0 aromatic heterocycles. The Morgan fingerprint density at radius 3 is 2.38 bits per heavy atom. The summed E-state index contributed by atoms with van der Waals surface area (Å²) in [6, 6.07) is 8.58. The fourth-order valence-electron chi connectivity index (χ4n) is 5.73. The summed E-state index contributed by atoms with van der Waals surface area (Å²) >= 11 is 0. The molecular weight excluding hydrogens is 366 g/mol. The number of imide groups is 1. The Morgan fingerprint density at radius 2 is 1.76 bits per heavy atom. The van der Waals surface area contributed by atoms with Crippen molar-refractivity contribution in [3.8, 4) is 0 Å². The van der Waals surface area contributed by atoms with Gasteiger partial charge in [0.1, 0.15) is 6.54 Å². The average molecular weight is 393 g/mol. The van der Waals surface area contributed by atoms with Gasteiger partial charge in [-0.3, -0.25) is 19.3 Å². The van der Waals surface area contributed by atoms with Crippen molar-refractivity contribution in [2.75, 3.05) is 31.1 Å². The van der Waals surface area contributed by atoms with Gasteiger partial charge in [-0.05, 0) is 49.8 Å². The number of likely N-dealkylation sites (tertiary alicyclic amines) is 1. The van der Waals surface area contributed by atoms with Crippen molar-refractivity contribution in [3.05, 3.63) is 42.0 Å². The summed E-state index contributed by atoms with van der Waals surface area (Å²) in [4.78, 5) is 44.0. The summed E-state index contributed by atoms with van der Waals surface area (Å²) < 4.78 is 0. The molecule has 2 aliphatic carbocycles. The summed E-state index contributed by atoms with van der Waals surface area (Å²) in [7, 11) is 0. The number of benzene rings is 1. The summed E-state index contributed by atoms with van der Waals surface area (Å²) in [6.45, 7) is 6.03. The minimum absolute atomic E-state index is 0.110. The number of hydrogen-bond acceptors (Lipinski definition) is 4. The Kier molecular flexibility index (Phi) is 4.26. The number of carbonyl (C=O) groups excluding carboxylic acids is 3. The second-order valence-electron chi connectivity index (χ2n) is 8.98. The number of amides is 3. The molecule has 6 heteroatoms. The van der Waals surface area contributed by atoms with Gasteiger partial charge in [-0.1, -0.05) is 24.3 Å². The van der Waals surface area contributed by atoms with E-state index in [1.807, 2.05) is 0 Å². The molecule has 4 aliphatic rings. The van der Waals surface area contributed by atoms with Gasteiger partial charge in [-0.15, -0.1) is 0 Å². The van der Waals surface area contributed by atoms with Crippen LogP contribution in [-0.4, -0.2) is 59.7 Å². The third-order valence-corrected chi connectivity index (χ3v) is 7.17. The van der Waals surface area contributed by atoms with E-state index in [-0.39, 0.29) is 54.0 Å². The standard InChI is InChI=1S/C23H27N3O3/c1-14-4-3-5-18(10-14)25-9-8-24(12-15(25)2)19(27)13-26-22(28)20-16-6-7-17(11-16)21(20)23(26)29/h3-7,10,15-17,20-21H,8-9,11-13H2,1-2H3/t15-,16-,17-,20+,21+/m0/s1. The third kappa shape index (κ3) is 2.88. The molecule has 2 aliphatic heterocycles. The molecule has 5 rings (SSSR count). The quantitative estimate of drug-likeness (QED) is 0.581. The van der Waals surface area contributed by atoms with Crippen molar-refractivity contribution in [1.82, 2.24) is 9.80 Å². The number of rotatable bonds is 3. The maximum atomic E-state index is 12.9. The highest BCUT2D eigenvalue weighted by Gasteiger charge is 2.59. The van der Waals surface area contributed by atoms with Crippen molar-refractivity contribution in [3.63, 3.8) is 0 Å². The molecule has 1 aromatic carbocycles. The van der Waals surface area contributed by atoms with Crippen LogP contribution >= 0.6 is 0 Å². The topological polar surface area (TPSA) is 60.9 Å². The number of fused-ring (bicyclic) bond motifs is 5. The van der Waals surface area contributed by atoms with Crippen molar-refractivity contribution >= 4 is 23.4 Å². The van der Waals surface area contributed by atoms with Gasteiger partial charge >= 0.3 is 0 Å². The normalized spacial score (nSPS) is 33.0. The molecule has 0 N–H and O–H groups in total. The van der Waals surface area contributed by atoms with E-state index in [9.17, 15) is 14.4 Å². The number of hydrogen-bond donors (Lipinski definition) is 0. The van der Waals surface area contributed by atoms with Crippen LogP contribution in [0, 0.1) is 30.6 Å². The zero-order chi connectivity index (χ0) is 20.3. The molecule has 29 heavy (non-hydrogen) atoms. The maximum absolute atomic E-state index is 12.9. The lowest BCUT2D eigenvalue weighted by atomic mass is 9.85. The van der Waals surface area contributed by atoms with Crippen LogP contribution in [0.15, 0.2) is 36.4 Å². The molecule has 5 atom stereocenters. The minimum Gasteiger partial charge on any atom is -0.365 e. The molecule has 0 spiro atoms. The van der Waals surface area contributed by atoms with Crippen LogP contribution < -0.4 is 4.90 Å². The highest BCUT2D eigenvalue weighted by atomic mass is 16.2. The van der Waals surface area contributed by atoms with Crippen molar-refractivity contribution in [2.24, 2.45) is 23.7 Å². The van der Waals surface area contributed by atoms with Crippen LogP contribution in [0.3, 0.4) is 0 Å². The number of aryl methyl sites for hydroxylation is 1. The van der Waals surface area contributed by atoms with Crippen molar-refractivity contribution in [1.29, 1.82) is 0 Å². The van der Waals surface area contributed by atoms with E-state index in [0.717, 1.165) is 13.0 Å². The van der Waals surface area contributed by atoms with Gasteiger partial charge in [0.2, 0.25) is 17.7 Å². The van der Waals surface area contributed by atoms with E-state index in [4.69, 9.17) is 0 Å². The minimum atomic E-state index is -0.234. The second-order valence-corrected chi connectivity index (χ2v) is 8.98. The summed E-state index contributed by atoms with van der Waals surface area (Å²) in [5, 5.41) is 0. The number of carbonyl (C=O) groups is 3. The van der Waals surface area contributed by atoms with Crippen LogP contribution in [0.25, 0.3) is 0 Å². The lowest BCUT2D eigenvalue weighted by Crippen LogP contribution is -2.56. The van der Waals surface area contributed by atoms with E-state index >= 15 is 0 Å². The summed E-state index contributed by atoms with van der Waals surface area (Å²) in [6.07, 6.45) is 5.07. The van der Waals surface area contributed by atoms with Gasteiger partial charge in [0, 0.05) is 31.4 Å². The molecule has 1 aromatic rings. The van der Waals surface area contributed by atoms with Crippen LogP contribution in [-0.2, 0) is 14.4 Å². The number of allylic oxidation sites excluding steroid dienone is 2. The Labute approximate surface area is 171 Å². The SMILES string of the molecule is Cc1cccc(N2CCN(C(=O)CN3C(=O)[C@H]4[C@H](C3=O)[C@H]3C=C[C@H]4C3)C[C@@H]2C)c1. The molecule has 0 unspecified atom stereocenters. The summed E-state index contributed by atoms with van der Waals surface area (Å²) in [5.41, 5.74) is 2.39. The molecule has 3 amide bonds. The van der Waals surface area contributed by atoms with Gasteiger partial charge in [-0.25, -0.2) is 0 Å². The maximum Gasteiger partial charge on any atom is 0.242 e. The van der Waals surface area contributed by atoms with Gasteiger partial charge < -0.3 is 9.80 Å². The van der Waals surface area contributed by atoms with Gasteiger partial charge in [-0.2, -0.15) is 0 Å². The van der Waals surface area contributed by atoms with E-state index in [1.54, 1.807) is 4.90 Å². The smallest absolute Gasteiger partial charge is 0.242 e. The van der Waals surface area contributed by atoms with E-state index in [2.05, 4.69) is 55.2 Å². The molecule has 2 bridgehead atoms. The fourth-order valence-corrected chi connectivity index (χ4v) is 5.73. The number of anilines is 1. The first-order chi connectivity index (χ1) is 13.9. The first-order valence-electron chi connectivity index (χ1n) is 10.6. The first-order valence-corrected chi connectivity index (χ1v) is 10.6. The molecule has 1 saturated carbocycles. The lowest BCUT2D eigenvalue weighted by molar-refractivity contribution is -0.147. The zero-order valence-electron chi connectivity index (χ0n) is 17.0. The van der Waals surface area contributed by atoms with Gasteiger partial charge in [0.05, 0.1) is 11.8 Å². The fraction of sp³-hybridized carbons (Fsp3) is 0.522. The van der Waals surface area contributed by atoms with Crippen LogP contribution in [0.4, 0.5) is 5.69 Å². The van der Waals surface area contributed by atoms with E-state index < -0.39 is 0 Å². The van der Waals surface area contributed by atoms with Gasteiger partial charge in [0.25, 0.3) is 0 Å². The number of nitrogens with zero attached hydrogens (tertiary/aromatic N) is 3. The molecule has 3 fully saturated rings. The van der Waals surface area contributed by atoms with E-state index in [1.165, 1.54) is 16.2 Å². The zero-order valence-corrected chi connectivity index (χ0v) is 17.0.